The lowest BCUT2D eigenvalue weighted by Gasteiger charge is -2.35. The molecule has 0 saturated carbocycles. The van der Waals surface area contributed by atoms with Crippen molar-refractivity contribution in [3.05, 3.63) is 71.4 Å². The summed E-state index contributed by atoms with van der Waals surface area (Å²) < 4.78 is 0. The third kappa shape index (κ3) is 4.17. The Bertz CT molecular complexity index is 1200. The maximum atomic E-state index is 12.8. The molecule has 3 amide bonds. The molecule has 0 atom stereocenters. The zero-order chi connectivity index (χ0) is 23.7. The van der Waals surface area contributed by atoms with E-state index in [1.807, 2.05) is 36.1 Å². The Balaban J connectivity index is 1.15. The van der Waals surface area contributed by atoms with Crippen molar-refractivity contribution in [1.29, 1.82) is 0 Å². The summed E-state index contributed by atoms with van der Waals surface area (Å²) in [5, 5.41) is 11.6. The minimum Gasteiger partial charge on any atom is -0.352 e. The summed E-state index contributed by atoms with van der Waals surface area (Å²) in [5.74, 6) is 0.919. The van der Waals surface area contributed by atoms with Gasteiger partial charge in [0.1, 0.15) is 12.4 Å². The van der Waals surface area contributed by atoms with Crippen LogP contribution in [0.3, 0.4) is 0 Å². The normalized spacial score (nSPS) is 15.5. The second kappa shape index (κ2) is 8.89. The number of carbonyl (C=O) groups excluding carboxylic acids is 3. The molecule has 1 saturated heterocycles. The number of benzene rings is 1. The van der Waals surface area contributed by atoms with E-state index in [0.717, 1.165) is 16.3 Å². The van der Waals surface area contributed by atoms with Crippen LogP contribution in [-0.2, 0) is 4.79 Å². The molecule has 172 valence electrons. The quantitative estimate of drug-likeness (QED) is 0.578. The smallest absolute Gasteiger partial charge is 0.262 e. The zero-order valence-corrected chi connectivity index (χ0v) is 18.6. The predicted octanol–water partition coefficient (Wildman–Crippen LogP) is 1.87. The first-order chi connectivity index (χ1) is 16.5. The van der Waals surface area contributed by atoms with Crippen molar-refractivity contribution >= 4 is 35.2 Å². The highest BCUT2D eigenvalue weighted by atomic mass is 16.2. The molecule has 0 radical (unpaired) electrons. The maximum absolute atomic E-state index is 12.8. The summed E-state index contributed by atoms with van der Waals surface area (Å²) in [6.07, 6.45) is 1.78. The van der Waals surface area contributed by atoms with Crippen molar-refractivity contribution in [2.24, 2.45) is 0 Å². The van der Waals surface area contributed by atoms with Gasteiger partial charge in [-0.15, -0.1) is 10.2 Å². The highest BCUT2D eigenvalue weighted by Gasteiger charge is 2.37. The molecule has 3 aromatic rings. The number of hydrogen-bond acceptors (Lipinski definition) is 8. The van der Waals surface area contributed by atoms with E-state index >= 15 is 0 Å². The average molecular weight is 457 g/mol. The van der Waals surface area contributed by atoms with Crippen LogP contribution >= 0.6 is 0 Å². The lowest BCUT2D eigenvalue weighted by Crippen LogP contribution is -2.52. The molecule has 4 heterocycles. The van der Waals surface area contributed by atoms with Gasteiger partial charge in [0.15, 0.2) is 11.6 Å². The van der Waals surface area contributed by atoms with Gasteiger partial charge in [0.2, 0.25) is 5.91 Å². The molecule has 0 bridgehead atoms. The minimum absolute atomic E-state index is 0.245. The van der Waals surface area contributed by atoms with Crippen LogP contribution in [0.4, 0.5) is 17.5 Å². The number of amides is 3. The van der Waals surface area contributed by atoms with E-state index in [1.54, 1.807) is 35.4 Å². The molecule has 5 rings (SSSR count). The van der Waals surface area contributed by atoms with Gasteiger partial charge in [-0.1, -0.05) is 18.2 Å². The van der Waals surface area contributed by atoms with Gasteiger partial charge in [0.05, 0.1) is 11.1 Å². The van der Waals surface area contributed by atoms with Crippen molar-refractivity contribution in [2.75, 3.05) is 42.9 Å². The van der Waals surface area contributed by atoms with Crippen molar-refractivity contribution < 1.29 is 14.4 Å². The number of aryl methyl sites for hydroxylation is 1. The largest absolute Gasteiger partial charge is 0.352 e. The number of hydrogen-bond donors (Lipinski definition) is 1. The van der Waals surface area contributed by atoms with Crippen molar-refractivity contribution in [2.45, 2.75) is 6.92 Å². The lowest BCUT2D eigenvalue weighted by molar-refractivity contribution is -0.131. The lowest BCUT2D eigenvalue weighted by atomic mass is 10.1. The molecule has 10 heteroatoms. The van der Waals surface area contributed by atoms with E-state index in [1.165, 1.54) is 0 Å². The summed E-state index contributed by atoms with van der Waals surface area (Å²) in [7, 11) is 0. The van der Waals surface area contributed by atoms with Gasteiger partial charge in [-0.05, 0) is 42.8 Å². The van der Waals surface area contributed by atoms with Crippen LogP contribution in [-0.4, -0.2) is 75.4 Å². The number of carbonyl (C=O) groups is 3. The number of pyridine rings is 1. The van der Waals surface area contributed by atoms with Crippen molar-refractivity contribution in [1.82, 2.24) is 25.0 Å². The molecule has 1 fully saturated rings. The molecule has 0 aliphatic carbocycles. The molecule has 2 aromatic heterocycles. The van der Waals surface area contributed by atoms with Gasteiger partial charge in [-0.25, -0.2) is 4.98 Å². The summed E-state index contributed by atoms with van der Waals surface area (Å²) in [6.45, 7) is 3.82. The Morgan fingerprint density at radius 3 is 2.15 bits per heavy atom. The fraction of sp³-hybridized carbons (Fsp3) is 0.250. The molecule has 10 nitrogen and oxygen atoms in total. The Hall–Kier alpha value is -4.34. The van der Waals surface area contributed by atoms with Crippen LogP contribution in [0.5, 0.6) is 0 Å². The Kier molecular flexibility index (Phi) is 5.62. The van der Waals surface area contributed by atoms with E-state index in [2.05, 4.69) is 20.5 Å². The van der Waals surface area contributed by atoms with Crippen LogP contribution in [0.15, 0.2) is 54.7 Å². The van der Waals surface area contributed by atoms with E-state index in [9.17, 15) is 14.4 Å². The fourth-order valence-electron chi connectivity index (χ4n) is 4.04. The van der Waals surface area contributed by atoms with E-state index < -0.39 is 11.8 Å². The fourth-order valence-corrected chi connectivity index (χ4v) is 4.04. The van der Waals surface area contributed by atoms with Crippen LogP contribution in [0.2, 0.25) is 0 Å². The summed E-state index contributed by atoms with van der Waals surface area (Å²) in [6, 6.07) is 14.2. The Labute approximate surface area is 196 Å². The molecule has 34 heavy (non-hydrogen) atoms. The highest BCUT2D eigenvalue weighted by molar-refractivity contribution is 6.22. The maximum Gasteiger partial charge on any atom is 0.262 e. The highest BCUT2D eigenvalue weighted by Crippen LogP contribution is 2.23. The number of aromatic nitrogens is 3. The molecular formula is C24H23N7O3. The summed E-state index contributed by atoms with van der Waals surface area (Å²) >= 11 is 0. The standard InChI is InChI=1S/C24H23N7O3/c1-16-6-7-19(25-14-16)26-20-8-9-21(28-27-20)29-10-12-30(13-11-29)22(32)15-31-23(33)17-4-2-3-5-18(17)24(31)34/h2-9,14H,10-13,15H2,1H3,(H,25,26,27). The number of nitrogens with one attached hydrogen (secondary N) is 1. The second-order valence-electron chi connectivity index (χ2n) is 8.23. The van der Waals surface area contributed by atoms with Gasteiger partial charge in [0.25, 0.3) is 11.8 Å². The molecule has 0 spiro atoms. The molecular weight excluding hydrogens is 434 g/mol. The number of fused-ring (bicyclic) bond motifs is 1. The van der Waals surface area contributed by atoms with Crippen LogP contribution < -0.4 is 10.2 Å². The van der Waals surface area contributed by atoms with Gasteiger partial charge >= 0.3 is 0 Å². The topological polar surface area (TPSA) is 112 Å². The predicted molar refractivity (Wildman–Crippen MR) is 125 cm³/mol. The average Bonchev–Trinajstić information content (AvgIpc) is 3.11. The number of piperazine rings is 1. The zero-order valence-electron chi connectivity index (χ0n) is 18.6. The van der Waals surface area contributed by atoms with Crippen LogP contribution in [0.25, 0.3) is 0 Å². The number of nitrogens with zero attached hydrogens (tertiary/aromatic N) is 6. The van der Waals surface area contributed by atoms with Crippen molar-refractivity contribution in [3.8, 4) is 0 Å². The van der Waals surface area contributed by atoms with E-state index in [0.29, 0.717) is 48.9 Å². The van der Waals surface area contributed by atoms with Crippen LogP contribution in [0.1, 0.15) is 26.3 Å². The van der Waals surface area contributed by atoms with Gasteiger partial charge in [-0.3, -0.25) is 19.3 Å². The third-order valence-electron chi connectivity index (χ3n) is 5.95. The van der Waals surface area contributed by atoms with E-state index in [-0.39, 0.29) is 12.5 Å². The molecule has 0 unspecified atom stereocenters. The molecule has 1 aromatic carbocycles. The molecule has 2 aliphatic rings. The van der Waals surface area contributed by atoms with Gasteiger partial charge < -0.3 is 15.1 Å². The second-order valence-corrected chi connectivity index (χ2v) is 8.23. The summed E-state index contributed by atoms with van der Waals surface area (Å²) in [5.41, 5.74) is 1.77. The van der Waals surface area contributed by atoms with Gasteiger partial charge in [0, 0.05) is 32.4 Å². The number of imide groups is 1. The third-order valence-corrected chi connectivity index (χ3v) is 5.95. The first-order valence-electron chi connectivity index (χ1n) is 11.0. The molecule has 2 aliphatic heterocycles. The Morgan fingerprint density at radius 1 is 0.882 bits per heavy atom. The summed E-state index contributed by atoms with van der Waals surface area (Å²) in [4.78, 5) is 46.9. The minimum atomic E-state index is -0.419. The number of anilines is 3. The van der Waals surface area contributed by atoms with Crippen LogP contribution in [0, 0.1) is 6.92 Å². The molecule has 1 N–H and O–H groups in total. The SMILES string of the molecule is Cc1ccc(Nc2ccc(N3CCN(C(=O)CN4C(=O)c5ccccc5C4=O)CC3)nn2)nc1. The van der Waals surface area contributed by atoms with Gasteiger partial charge in [-0.2, -0.15) is 0 Å². The Morgan fingerprint density at radius 2 is 1.56 bits per heavy atom. The first kappa shape index (κ1) is 21.5. The monoisotopic (exact) mass is 457 g/mol. The van der Waals surface area contributed by atoms with Crippen molar-refractivity contribution in [3.63, 3.8) is 0 Å². The number of rotatable bonds is 5. The van der Waals surface area contributed by atoms with E-state index in [4.69, 9.17) is 0 Å². The first-order valence-corrected chi connectivity index (χ1v) is 11.0.